The van der Waals surface area contributed by atoms with Gasteiger partial charge in [0.05, 0.1) is 12.1 Å². The van der Waals surface area contributed by atoms with Crippen LogP contribution < -0.4 is 5.32 Å². The van der Waals surface area contributed by atoms with Crippen LogP contribution in [0.5, 0.6) is 0 Å². The third kappa shape index (κ3) is 4.99. The average Bonchev–Trinajstić information content (AvgIpc) is 3.23. The summed E-state index contributed by atoms with van der Waals surface area (Å²) in [5, 5.41) is 8.20. The molecule has 6 nitrogen and oxygen atoms in total. The number of benzene rings is 1. The van der Waals surface area contributed by atoms with E-state index in [0.717, 1.165) is 5.56 Å². The molecule has 1 saturated heterocycles. The number of piperidine rings is 1. The highest BCUT2D eigenvalue weighted by atomic mass is 35.5. The van der Waals surface area contributed by atoms with Gasteiger partial charge in [0.25, 0.3) is 0 Å². The largest absolute Gasteiger partial charge is 0.351 e. The Morgan fingerprint density at radius 1 is 1.14 bits per heavy atom. The second kappa shape index (κ2) is 9.44. The van der Waals surface area contributed by atoms with E-state index in [-0.39, 0.29) is 35.7 Å². The summed E-state index contributed by atoms with van der Waals surface area (Å²) in [5.41, 5.74) is 0.919. The standard InChI is InChI=1S/C22H29ClN4O2/c1-15(2)22(29)26-13-9-17(10-14-26)21(28)25-16(3)20(27-12-6-11-24-27)18-7-4-5-8-19(18)23/h4-8,11-12,15-17,20H,9-10,13-14H2,1-3H3,(H,25,28)/t16-,20+/m0/s1. The van der Waals surface area contributed by atoms with Crippen molar-refractivity contribution in [1.82, 2.24) is 20.0 Å². The number of carbonyl (C=O) groups excluding carboxylic acids is 2. The van der Waals surface area contributed by atoms with Gasteiger partial charge in [-0.05, 0) is 37.5 Å². The van der Waals surface area contributed by atoms with Gasteiger partial charge in [0.1, 0.15) is 0 Å². The molecule has 1 aromatic heterocycles. The minimum absolute atomic E-state index is 0.00847. The summed E-state index contributed by atoms with van der Waals surface area (Å²) in [4.78, 5) is 27.0. The van der Waals surface area contributed by atoms with Crippen LogP contribution in [0.25, 0.3) is 0 Å². The molecule has 3 rings (SSSR count). The maximum atomic E-state index is 12.9. The Kier molecular flexibility index (Phi) is 6.96. The zero-order valence-electron chi connectivity index (χ0n) is 17.2. The first-order valence-electron chi connectivity index (χ1n) is 10.2. The van der Waals surface area contributed by atoms with Crippen molar-refractivity contribution in [1.29, 1.82) is 0 Å². The van der Waals surface area contributed by atoms with Crippen molar-refractivity contribution in [2.75, 3.05) is 13.1 Å². The number of carbonyl (C=O) groups is 2. The molecule has 2 heterocycles. The fourth-order valence-corrected chi connectivity index (χ4v) is 4.20. The fourth-order valence-electron chi connectivity index (χ4n) is 3.95. The highest BCUT2D eigenvalue weighted by molar-refractivity contribution is 6.31. The van der Waals surface area contributed by atoms with E-state index in [1.54, 1.807) is 6.20 Å². The van der Waals surface area contributed by atoms with Crippen molar-refractivity contribution in [3.63, 3.8) is 0 Å². The lowest BCUT2D eigenvalue weighted by atomic mass is 9.93. The number of hydrogen-bond donors (Lipinski definition) is 1. The molecule has 2 atom stereocenters. The molecule has 0 unspecified atom stereocenters. The van der Waals surface area contributed by atoms with E-state index in [9.17, 15) is 9.59 Å². The second-order valence-corrected chi connectivity index (χ2v) is 8.41. The summed E-state index contributed by atoms with van der Waals surface area (Å²) < 4.78 is 1.83. The third-order valence-corrected chi connectivity index (χ3v) is 5.89. The van der Waals surface area contributed by atoms with Gasteiger partial charge >= 0.3 is 0 Å². The Hall–Kier alpha value is -2.34. The van der Waals surface area contributed by atoms with Crippen molar-refractivity contribution in [3.05, 3.63) is 53.3 Å². The van der Waals surface area contributed by atoms with Crippen molar-refractivity contribution >= 4 is 23.4 Å². The van der Waals surface area contributed by atoms with Crippen LogP contribution in [0.15, 0.2) is 42.7 Å². The summed E-state index contributed by atoms with van der Waals surface area (Å²) in [5.74, 6) is 0.0945. The molecule has 1 fully saturated rings. The van der Waals surface area contributed by atoms with Crippen molar-refractivity contribution in [2.24, 2.45) is 11.8 Å². The lowest BCUT2D eigenvalue weighted by Crippen LogP contribution is -2.47. The Balaban J connectivity index is 1.67. The molecular weight excluding hydrogens is 388 g/mol. The van der Waals surface area contributed by atoms with Gasteiger partial charge in [-0.25, -0.2) is 0 Å². The predicted molar refractivity (Wildman–Crippen MR) is 114 cm³/mol. The highest BCUT2D eigenvalue weighted by Crippen LogP contribution is 2.29. The summed E-state index contributed by atoms with van der Waals surface area (Å²) in [6.07, 6.45) is 4.98. The van der Waals surface area contributed by atoms with Crippen LogP contribution in [0.3, 0.4) is 0 Å². The smallest absolute Gasteiger partial charge is 0.225 e. The molecule has 1 aromatic carbocycles. The van der Waals surface area contributed by atoms with Crippen LogP contribution in [-0.4, -0.2) is 45.6 Å². The molecule has 2 amide bonds. The quantitative estimate of drug-likeness (QED) is 0.783. The van der Waals surface area contributed by atoms with Crippen LogP contribution >= 0.6 is 11.6 Å². The molecule has 29 heavy (non-hydrogen) atoms. The number of hydrogen-bond acceptors (Lipinski definition) is 3. The fraction of sp³-hybridized carbons (Fsp3) is 0.500. The zero-order valence-corrected chi connectivity index (χ0v) is 18.0. The molecule has 0 radical (unpaired) electrons. The van der Waals surface area contributed by atoms with E-state index < -0.39 is 0 Å². The zero-order chi connectivity index (χ0) is 21.0. The molecule has 0 spiro atoms. The number of likely N-dealkylation sites (tertiary alicyclic amines) is 1. The topological polar surface area (TPSA) is 67.2 Å². The first-order chi connectivity index (χ1) is 13.9. The minimum Gasteiger partial charge on any atom is -0.351 e. The molecule has 0 bridgehead atoms. The number of halogens is 1. The van der Waals surface area contributed by atoms with Gasteiger partial charge in [-0.1, -0.05) is 43.6 Å². The van der Waals surface area contributed by atoms with Crippen LogP contribution in [0.1, 0.15) is 45.2 Å². The van der Waals surface area contributed by atoms with E-state index in [1.165, 1.54) is 0 Å². The Labute approximate surface area is 177 Å². The highest BCUT2D eigenvalue weighted by Gasteiger charge is 2.31. The van der Waals surface area contributed by atoms with Crippen LogP contribution in [0.2, 0.25) is 5.02 Å². The van der Waals surface area contributed by atoms with Gasteiger partial charge in [-0.3, -0.25) is 14.3 Å². The number of nitrogens with one attached hydrogen (secondary N) is 1. The Morgan fingerprint density at radius 2 is 1.83 bits per heavy atom. The van der Waals surface area contributed by atoms with Crippen molar-refractivity contribution < 1.29 is 9.59 Å². The van der Waals surface area contributed by atoms with Gasteiger partial charge in [0.2, 0.25) is 11.8 Å². The molecule has 2 aromatic rings. The Bertz CT molecular complexity index is 829. The van der Waals surface area contributed by atoms with Crippen molar-refractivity contribution in [3.8, 4) is 0 Å². The predicted octanol–water partition coefficient (Wildman–Crippen LogP) is 3.53. The van der Waals surface area contributed by atoms with E-state index in [0.29, 0.717) is 31.0 Å². The first kappa shape index (κ1) is 21.4. The second-order valence-electron chi connectivity index (χ2n) is 8.00. The molecular formula is C22H29ClN4O2. The number of nitrogens with zero attached hydrogens (tertiary/aromatic N) is 3. The Morgan fingerprint density at radius 3 is 2.41 bits per heavy atom. The molecule has 1 aliphatic heterocycles. The summed E-state index contributed by atoms with van der Waals surface area (Å²) >= 11 is 6.45. The third-order valence-electron chi connectivity index (χ3n) is 5.55. The normalized spacial score (nSPS) is 17.2. The van der Waals surface area contributed by atoms with Gasteiger partial charge in [0.15, 0.2) is 0 Å². The lowest BCUT2D eigenvalue weighted by Gasteiger charge is -2.34. The average molecular weight is 417 g/mol. The molecule has 7 heteroatoms. The first-order valence-corrected chi connectivity index (χ1v) is 10.6. The SMILES string of the molecule is CC(C)C(=O)N1CCC(C(=O)N[C@@H](C)[C@H](c2ccccc2Cl)n2cccn2)CC1. The molecule has 0 aliphatic carbocycles. The summed E-state index contributed by atoms with van der Waals surface area (Å²) in [6.45, 7) is 7.07. The molecule has 156 valence electrons. The van der Waals surface area contributed by atoms with E-state index in [2.05, 4.69) is 10.4 Å². The summed E-state index contributed by atoms with van der Waals surface area (Å²) in [7, 11) is 0. The number of amides is 2. The van der Waals surface area contributed by atoms with Crippen LogP contribution in [0, 0.1) is 11.8 Å². The summed E-state index contributed by atoms with van der Waals surface area (Å²) in [6, 6.07) is 9.11. The molecule has 1 aliphatic rings. The molecule has 1 N–H and O–H groups in total. The van der Waals surface area contributed by atoms with Gasteiger partial charge in [0, 0.05) is 42.3 Å². The van der Waals surface area contributed by atoms with E-state index in [1.807, 2.05) is 66.9 Å². The maximum Gasteiger partial charge on any atom is 0.225 e. The monoisotopic (exact) mass is 416 g/mol. The molecule has 0 saturated carbocycles. The van der Waals surface area contributed by atoms with Crippen LogP contribution in [-0.2, 0) is 9.59 Å². The number of rotatable bonds is 6. The van der Waals surface area contributed by atoms with Crippen LogP contribution in [0.4, 0.5) is 0 Å². The minimum atomic E-state index is -0.203. The maximum absolute atomic E-state index is 12.9. The van der Waals surface area contributed by atoms with Crippen molar-refractivity contribution in [2.45, 2.75) is 45.7 Å². The van der Waals surface area contributed by atoms with E-state index in [4.69, 9.17) is 11.6 Å². The van der Waals surface area contributed by atoms with Gasteiger partial charge in [-0.15, -0.1) is 0 Å². The van der Waals surface area contributed by atoms with E-state index >= 15 is 0 Å². The lowest BCUT2D eigenvalue weighted by molar-refractivity contribution is -0.138. The van der Waals surface area contributed by atoms with Gasteiger partial charge < -0.3 is 10.2 Å². The van der Waals surface area contributed by atoms with Gasteiger partial charge in [-0.2, -0.15) is 5.10 Å². The number of aromatic nitrogens is 2.